The van der Waals surface area contributed by atoms with Crippen LogP contribution in [0.2, 0.25) is 0 Å². The van der Waals surface area contributed by atoms with E-state index in [-0.39, 0.29) is 11.3 Å². The van der Waals surface area contributed by atoms with E-state index in [9.17, 15) is 14.5 Å². The number of nitrogens with one attached hydrogen (secondary N) is 1. The summed E-state index contributed by atoms with van der Waals surface area (Å²) >= 11 is 0. The average molecular weight is 283 g/mol. The molecule has 5 nitrogen and oxygen atoms in total. The van der Waals surface area contributed by atoms with Gasteiger partial charge in [0, 0.05) is 11.5 Å². The van der Waals surface area contributed by atoms with E-state index in [0.29, 0.717) is 5.69 Å². The molecule has 1 aromatic heterocycles. The molecule has 0 radical (unpaired) electrons. The van der Waals surface area contributed by atoms with Crippen molar-refractivity contribution < 1.29 is 9.31 Å². The Balaban J connectivity index is 2.03. The van der Waals surface area contributed by atoms with Crippen LogP contribution in [0.5, 0.6) is 0 Å². The molecule has 0 saturated heterocycles. The predicted octanol–water partition coefficient (Wildman–Crippen LogP) is 3.78. The molecule has 2 aromatic carbocycles. The van der Waals surface area contributed by atoms with Gasteiger partial charge < -0.3 is 0 Å². The fourth-order valence-corrected chi connectivity index (χ4v) is 2.11. The van der Waals surface area contributed by atoms with Crippen LogP contribution in [0.25, 0.3) is 23.1 Å². The summed E-state index contributed by atoms with van der Waals surface area (Å²) in [6.45, 7) is 0. The van der Waals surface area contributed by atoms with Crippen molar-refractivity contribution in [3.05, 3.63) is 69.7 Å². The number of aromatic nitrogens is 2. The zero-order valence-corrected chi connectivity index (χ0v) is 10.8. The van der Waals surface area contributed by atoms with Gasteiger partial charge >= 0.3 is 0 Å². The first kappa shape index (κ1) is 13.0. The van der Waals surface area contributed by atoms with Crippen molar-refractivity contribution in [3.63, 3.8) is 0 Å². The van der Waals surface area contributed by atoms with E-state index in [1.54, 1.807) is 6.08 Å². The Kier molecular flexibility index (Phi) is 3.19. The molecule has 0 aliphatic rings. The highest BCUT2D eigenvalue weighted by Gasteiger charge is 2.12. The molecule has 0 aliphatic heterocycles. The van der Waals surface area contributed by atoms with Crippen LogP contribution < -0.4 is 0 Å². The van der Waals surface area contributed by atoms with Crippen LogP contribution in [0, 0.1) is 15.9 Å². The fraction of sp³-hybridized carbons (Fsp3) is 0. The van der Waals surface area contributed by atoms with Gasteiger partial charge in [-0.15, -0.1) is 0 Å². The largest absolute Gasteiger partial charge is 0.277 e. The molecule has 0 aliphatic carbocycles. The molecule has 3 aromatic rings. The maximum Gasteiger partial charge on any atom is 0.276 e. The van der Waals surface area contributed by atoms with Gasteiger partial charge in [-0.2, -0.15) is 5.10 Å². The number of hydrogen-bond acceptors (Lipinski definition) is 3. The maximum absolute atomic E-state index is 13.3. The molecule has 1 N–H and O–H groups in total. The van der Waals surface area contributed by atoms with Gasteiger partial charge in [0.1, 0.15) is 5.82 Å². The van der Waals surface area contributed by atoms with Crippen molar-refractivity contribution in [2.45, 2.75) is 0 Å². The van der Waals surface area contributed by atoms with Crippen LogP contribution in [0.1, 0.15) is 11.3 Å². The van der Waals surface area contributed by atoms with Gasteiger partial charge in [0.05, 0.1) is 21.7 Å². The number of para-hydroxylation sites is 1. The Hall–Kier alpha value is -3.02. The summed E-state index contributed by atoms with van der Waals surface area (Å²) in [6.07, 6.45) is 3.12. The van der Waals surface area contributed by atoms with Gasteiger partial charge in [0.15, 0.2) is 0 Å². The minimum absolute atomic E-state index is 0.146. The van der Waals surface area contributed by atoms with Crippen LogP contribution in [-0.4, -0.2) is 15.1 Å². The van der Waals surface area contributed by atoms with Crippen molar-refractivity contribution in [3.8, 4) is 0 Å². The van der Waals surface area contributed by atoms with Crippen molar-refractivity contribution in [1.82, 2.24) is 10.2 Å². The first-order chi connectivity index (χ1) is 10.1. The second kappa shape index (κ2) is 5.16. The third-order valence-corrected chi connectivity index (χ3v) is 3.11. The van der Waals surface area contributed by atoms with Crippen LogP contribution in [-0.2, 0) is 0 Å². The number of benzene rings is 2. The molecule has 0 saturated carbocycles. The van der Waals surface area contributed by atoms with E-state index < -0.39 is 10.7 Å². The SMILES string of the molecule is O=[N+]([O-])c1ccc(F)cc1/C=C/c1n[nH]c2ccccc12. The van der Waals surface area contributed by atoms with Gasteiger partial charge in [-0.25, -0.2) is 4.39 Å². The van der Waals surface area contributed by atoms with E-state index in [0.717, 1.165) is 29.1 Å². The van der Waals surface area contributed by atoms with E-state index in [4.69, 9.17) is 0 Å². The molecular formula is C15H10FN3O2. The Morgan fingerprint density at radius 1 is 1.19 bits per heavy atom. The normalized spacial score (nSPS) is 11.3. The van der Waals surface area contributed by atoms with Crippen molar-refractivity contribution in [2.75, 3.05) is 0 Å². The molecule has 0 atom stereocenters. The molecule has 0 amide bonds. The van der Waals surface area contributed by atoms with Gasteiger partial charge in [-0.3, -0.25) is 15.2 Å². The summed E-state index contributed by atoms with van der Waals surface area (Å²) in [5, 5.41) is 18.8. The predicted molar refractivity (Wildman–Crippen MR) is 78.1 cm³/mol. The molecule has 6 heteroatoms. The quantitative estimate of drug-likeness (QED) is 0.587. The highest BCUT2D eigenvalue weighted by atomic mass is 19.1. The molecule has 0 fully saturated rings. The third kappa shape index (κ3) is 2.51. The summed E-state index contributed by atoms with van der Waals surface area (Å²) in [6, 6.07) is 10.9. The summed E-state index contributed by atoms with van der Waals surface area (Å²) in [4.78, 5) is 10.4. The van der Waals surface area contributed by atoms with Gasteiger partial charge in [0.2, 0.25) is 0 Å². The molecule has 3 rings (SSSR count). The van der Waals surface area contributed by atoms with E-state index >= 15 is 0 Å². The highest BCUT2D eigenvalue weighted by molar-refractivity contribution is 5.89. The van der Waals surface area contributed by atoms with Gasteiger partial charge in [0.25, 0.3) is 5.69 Å². The number of hydrogen-bond donors (Lipinski definition) is 1. The third-order valence-electron chi connectivity index (χ3n) is 3.11. The van der Waals surface area contributed by atoms with Crippen LogP contribution in [0.3, 0.4) is 0 Å². The Labute approximate surface area is 118 Å². The zero-order chi connectivity index (χ0) is 14.8. The van der Waals surface area contributed by atoms with Crippen molar-refractivity contribution >= 4 is 28.7 Å². The molecule has 104 valence electrons. The summed E-state index contributed by atoms with van der Waals surface area (Å²) in [7, 11) is 0. The van der Waals surface area contributed by atoms with Gasteiger partial charge in [-0.05, 0) is 30.4 Å². The molecule has 0 bridgehead atoms. The lowest BCUT2D eigenvalue weighted by Gasteiger charge is -1.97. The van der Waals surface area contributed by atoms with E-state index in [1.165, 1.54) is 6.08 Å². The minimum atomic E-state index is -0.540. The Morgan fingerprint density at radius 2 is 2.00 bits per heavy atom. The number of aromatic amines is 1. The molecule has 0 unspecified atom stereocenters. The maximum atomic E-state index is 13.3. The summed E-state index contributed by atoms with van der Waals surface area (Å²) < 4.78 is 13.3. The number of nitrogens with zero attached hydrogens (tertiary/aromatic N) is 2. The minimum Gasteiger partial charge on any atom is -0.277 e. The fourth-order valence-electron chi connectivity index (χ4n) is 2.11. The second-order valence-electron chi connectivity index (χ2n) is 4.45. The monoisotopic (exact) mass is 283 g/mol. The van der Waals surface area contributed by atoms with Crippen molar-refractivity contribution in [1.29, 1.82) is 0 Å². The Bertz CT molecular complexity index is 855. The first-order valence-corrected chi connectivity index (χ1v) is 6.20. The molecule has 1 heterocycles. The number of rotatable bonds is 3. The van der Waals surface area contributed by atoms with E-state index in [1.807, 2.05) is 24.3 Å². The second-order valence-corrected chi connectivity index (χ2v) is 4.45. The zero-order valence-electron chi connectivity index (χ0n) is 10.8. The summed E-state index contributed by atoms with van der Waals surface area (Å²) in [5.41, 5.74) is 1.56. The standard InChI is InChI=1S/C15H10FN3O2/c16-11-6-8-15(19(20)21)10(9-11)5-7-14-12-3-1-2-4-13(12)17-18-14/h1-9H,(H,17,18)/b7-5+. The highest BCUT2D eigenvalue weighted by Crippen LogP contribution is 2.23. The van der Waals surface area contributed by atoms with Crippen molar-refractivity contribution in [2.24, 2.45) is 0 Å². The summed E-state index contributed by atoms with van der Waals surface area (Å²) in [5.74, 6) is -0.521. The lowest BCUT2D eigenvalue weighted by Crippen LogP contribution is -1.92. The average Bonchev–Trinajstić information content (AvgIpc) is 2.88. The number of fused-ring (bicyclic) bond motifs is 1. The molecule has 0 spiro atoms. The number of H-pyrrole nitrogens is 1. The molecule has 21 heavy (non-hydrogen) atoms. The van der Waals surface area contributed by atoms with Crippen LogP contribution in [0.15, 0.2) is 42.5 Å². The lowest BCUT2D eigenvalue weighted by molar-refractivity contribution is -0.385. The lowest BCUT2D eigenvalue weighted by atomic mass is 10.1. The molecular weight excluding hydrogens is 273 g/mol. The number of halogens is 1. The van der Waals surface area contributed by atoms with Crippen LogP contribution >= 0.6 is 0 Å². The van der Waals surface area contributed by atoms with E-state index in [2.05, 4.69) is 10.2 Å². The number of nitro groups is 1. The Morgan fingerprint density at radius 3 is 2.81 bits per heavy atom. The topological polar surface area (TPSA) is 71.8 Å². The van der Waals surface area contributed by atoms with Crippen LogP contribution in [0.4, 0.5) is 10.1 Å². The smallest absolute Gasteiger partial charge is 0.276 e. The first-order valence-electron chi connectivity index (χ1n) is 6.20. The van der Waals surface area contributed by atoms with Gasteiger partial charge in [-0.1, -0.05) is 18.2 Å². The number of nitro benzene ring substituents is 1.